The molecule has 1 N–H and O–H groups in total. The minimum absolute atomic E-state index is 0.0669. The van der Waals surface area contributed by atoms with E-state index in [-0.39, 0.29) is 12.1 Å². The fraction of sp³-hybridized carbons (Fsp3) is 0.412. The highest BCUT2D eigenvalue weighted by Gasteiger charge is 2.46. The summed E-state index contributed by atoms with van der Waals surface area (Å²) in [5, 5.41) is 4.04. The smallest absolute Gasteiger partial charge is 0.347 e. The van der Waals surface area contributed by atoms with Crippen molar-refractivity contribution in [2.45, 2.75) is 37.9 Å². The van der Waals surface area contributed by atoms with E-state index in [1.165, 1.54) is 6.20 Å². The summed E-state index contributed by atoms with van der Waals surface area (Å²) in [5.74, 6) is -2.02. The number of aromatic nitrogens is 1. The number of fused-ring (bicyclic) bond motifs is 1. The number of nitrogens with zero attached hydrogens (tertiary/aromatic N) is 1. The van der Waals surface area contributed by atoms with Gasteiger partial charge in [-0.1, -0.05) is 37.1 Å². The number of carbonyl (C=O) groups is 1. The highest BCUT2D eigenvalue weighted by atomic mass is 19.4. The van der Waals surface area contributed by atoms with Crippen LogP contribution in [0.2, 0.25) is 0 Å². The third kappa shape index (κ3) is 3.30. The Hall–Kier alpha value is -2.11. The molecule has 1 saturated carbocycles. The lowest BCUT2D eigenvalue weighted by Crippen LogP contribution is -2.47. The maximum atomic E-state index is 13.1. The van der Waals surface area contributed by atoms with Crippen molar-refractivity contribution < 1.29 is 18.0 Å². The van der Waals surface area contributed by atoms with E-state index in [0.717, 1.165) is 5.39 Å². The number of hydrogen-bond acceptors (Lipinski definition) is 2. The van der Waals surface area contributed by atoms with Crippen molar-refractivity contribution in [1.29, 1.82) is 0 Å². The SMILES string of the molecule is O=C(N[C@@H]1CCCC[C@H]1C(F)(F)F)c1nccc2ccccc12. The molecule has 0 saturated heterocycles. The Morgan fingerprint density at radius 1 is 1.13 bits per heavy atom. The number of alkyl halides is 3. The third-order valence-corrected chi connectivity index (χ3v) is 4.39. The summed E-state index contributed by atoms with van der Waals surface area (Å²) in [4.78, 5) is 16.5. The Balaban J connectivity index is 1.85. The molecule has 0 unspecified atom stereocenters. The van der Waals surface area contributed by atoms with Crippen LogP contribution in [0.1, 0.15) is 36.2 Å². The molecule has 0 bridgehead atoms. The Morgan fingerprint density at radius 3 is 2.65 bits per heavy atom. The summed E-state index contributed by atoms with van der Waals surface area (Å²) in [6.45, 7) is 0. The normalized spacial score (nSPS) is 22.0. The Morgan fingerprint density at radius 2 is 1.87 bits per heavy atom. The highest BCUT2D eigenvalue weighted by Crippen LogP contribution is 2.37. The second kappa shape index (κ2) is 6.18. The molecule has 2 aromatic rings. The highest BCUT2D eigenvalue weighted by molar-refractivity contribution is 6.05. The molecule has 1 fully saturated rings. The predicted octanol–water partition coefficient (Wildman–Crippen LogP) is 4.09. The number of carbonyl (C=O) groups excluding carboxylic acids is 1. The molecule has 0 aliphatic heterocycles. The first-order chi connectivity index (χ1) is 11.0. The average Bonchev–Trinajstić information content (AvgIpc) is 2.54. The second-order valence-corrected chi connectivity index (χ2v) is 5.89. The summed E-state index contributed by atoms with van der Waals surface area (Å²) < 4.78 is 39.4. The minimum Gasteiger partial charge on any atom is -0.347 e. The number of pyridine rings is 1. The molecular formula is C17H17F3N2O. The molecule has 1 amide bonds. The van der Waals surface area contributed by atoms with Gasteiger partial charge in [-0.15, -0.1) is 0 Å². The molecule has 3 rings (SSSR count). The molecule has 1 aliphatic rings. The summed E-state index contributed by atoms with van der Waals surface area (Å²) >= 11 is 0. The van der Waals surface area contributed by atoms with Crippen molar-refractivity contribution in [1.82, 2.24) is 10.3 Å². The summed E-state index contributed by atoms with van der Waals surface area (Å²) in [6.07, 6.45) is -1.13. The maximum absolute atomic E-state index is 13.1. The Kier molecular flexibility index (Phi) is 4.24. The topological polar surface area (TPSA) is 42.0 Å². The van der Waals surface area contributed by atoms with Crippen LogP contribution < -0.4 is 5.32 Å². The van der Waals surface area contributed by atoms with Crippen LogP contribution in [0.15, 0.2) is 36.5 Å². The molecule has 0 radical (unpaired) electrons. The van der Waals surface area contributed by atoms with Gasteiger partial charge in [-0.2, -0.15) is 13.2 Å². The Labute approximate surface area is 131 Å². The van der Waals surface area contributed by atoms with Crippen LogP contribution in [-0.2, 0) is 0 Å². The number of amides is 1. The van der Waals surface area contributed by atoms with E-state index in [2.05, 4.69) is 10.3 Å². The van der Waals surface area contributed by atoms with Gasteiger partial charge in [0.2, 0.25) is 0 Å². The van der Waals surface area contributed by atoms with Gasteiger partial charge in [0, 0.05) is 17.6 Å². The lowest BCUT2D eigenvalue weighted by atomic mass is 9.84. The average molecular weight is 322 g/mol. The molecule has 23 heavy (non-hydrogen) atoms. The largest absolute Gasteiger partial charge is 0.393 e. The van der Waals surface area contributed by atoms with Crippen molar-refractivity contribution in [2.24, 2.45) is 5.92 Å². The standard InChI is InChI=1S/C17H17F3N2O/c18-17(19,20)13-7-3-4-8-14(13)22-16(23)15-12-6-2-1-5-11(12)9-10-21-15/h1-2,5-6,9-10,13-14H,3-4,7-8H2,(H,22,23)/t13-,14-/m1/s1. The molecular weight excluding hydrogens is 305 g/mol. The lowest BCUT2D eigenvalue weighted by molar-refractivity contribution is -0.187. The molecule has 6 heteroatoms. The first-order valence-electron chi connectivity index (χ1n) is 7.68. The van der Waals surface area contributed by atoms with Crippen LogP contribution in [0.5, 0.6) is 0 Å². The summed E-state index contributed by atoms with van der Waals surface area (Å²) in [7, 11) is 0. The van der Waals surface area contributed by atoms with Gasteiger partial charge in [0.05, 0.1) is 5.92 Å². The van der Waals surface area contributed by atoms with Gasteiger partial charge in [-0.25, -0.2) is 0 Å². The van der Waals surface area contributed by atoms with Crippen molar-refractivity contribution >= 4 is 16.7 Å². The van der Waals surface area contributed by atoms with E-state index in [1.807, 2.05) is 12.1 Å². The molecule has 1 heterocycles. The van der Waals surface area contributed by atoms with Crippen LogP contribution in [-0.4, -0.2) is 23.1 Å². The summed E-state index contributed by atoms with van der Waals surface area (Å²) in [6, 6.07) is 8.10. The predicted molar refractivity (Wildman–Crippen MR) is 81.0 cm³/mol. The van der Waals surface area contributed by atoms with E-state index in [4.69, 9.17) is 0 Å². The number of halogens is 3. The van der Waals surface area contributed by atoms with E-state index >= 15 is 0 Å². The van der Waals surface area contributed by atoms with Crippen LogP contribution >= 0.6 is 0 Å². The number of rotatable bonds is 2. The molecule has 1 aromatic heterocycles. The zero-order chi connectivity index (χ0) is 16.4. The van der Waals surface area contributed by atoms with E-state index < -0.39 is 24.0 Å². The van der Waals surface area contributed by atoms with E-state index in [9.17, 15) is 18.0 Å². The zero-order valence-electron chi connectivity index (χ0n) is 12.4. The Bertz CT molecular complexity index is 709. The molecule has 122 valence electrons. The van der Waals surface area contributed by atoms with Crippen LogP contribution in [0.3, 0.4) is 0 Å². The van der Waals surface area contributed by atoms with Crippen LogP contribution in [0.25, 0.3) is 10.8 Å². The van der Waals surface area contributed by atoms with E-state index in [1.54, 1.807) is 18.2 Å². The molecule has 2 atom stereocenters. The lowest BCUT2D eigenvalue weighted by Gasteiger charge is -2.33. The van der Waals surface area contributed by atoms with Gasteiger partial charge in [0.15, 0.2) is 0 Å². The molecule has 1 aliphatic carbocycles. The van der Waals surface area contributed by atoms with Crippen molar-refractivity contribution in [2.75, 3.05) is 0 Å². The van der Waals surface area contributed by atoms with Gasteiger partial charge < -0.3 is 5.32 Å². The fourth-order valence-electron chi connectivity index (χ4n) is 3.23. The van der Waals surface area contributed by atoms with Crippen molar-refractivity contribution in [3.8, 4) is 0 Å². The molecule has 3 nitrogen and oxygen atoms in total. The van der Waals surface area contributed by atoms with Gasteiger partial charge in [0.25, 0.3) is 5.91 Å². The van der Waals surface area contributed by atoms with Crippen LogP contribution in [0, 0.1) is 5.92 Å². The number of nitrogens with one attached hydrogen (secondary N) is 1. The monoisotopic (exact) mass is 322 g/mol. The third-order valence-electron chi connectivity index (χ3n) is 4.39. The van der Waals surface area contributed by atoms with E-state index in [0.29, 0.717) is 24.6 Å². The van der Waals surface area contributed by atoms with Gasteiger partial charge in [-0.3, -0.25) is 9.78 Å². The second-order valence-electron chi connectivity index (χ2n) is 5.89. The minimum atomic E-state index is -4.29. The van der Waals surface area contributed by atoms with Crippen molar-refractivity contribution in [3.05, 3.63) is 42.2 Å². The quantitative estimate of drug-likeness (QED) is 0.905. The fourth-order valence-corrected chi connectivity index (χ4v) is 3.23. The first kappa shape index (κ1) is 15.8. The summed E-state index contributed by atoms with van der Waals surface area (Å²) in [5.41, 5.74) is 0.176. The maximum Gasteiger partial charge on any atom is 0.393 e. The molecule has 0 spiro atoms. The first-order valence-corrected chi connectivity index (χ1v) is 7.68. The van der Waals surface area contributed by atoms with Gasteiger partial charge >= 0.3 is 6.18 Å². The molecule has 1 aromatic carbocycles. The van der Waals surface area contributed by atoms with Crippen molar-refractivity contribution in [3.63, 3.8) is 0 Å². The van der Waals surface area contributed by atoms with Gasteiger partial charge in [0.1, 0.15) is 5.69 Å². The zero-order valence-corrected chi connectivity index (χ0v) is 12.4. The van der Waals surface area contributed by atoms with Gasteiger partial charge in [-0.05, 0) is 24.3 Å². The number of hydrogen-bond donors (Lipinski definition) is 1. The van der Waals surface area contributed by atoms with Crippen LogP contribution in [0.4, 0.5) is 13.2 Å². The number of benzene rings is 1.